The Morgan fingerprint density at radius 3 is 2.45 bits per heavy atom. The van der Waals surface area contributed by atoms with Gasteiger partial charge in [0.05, 0.1) is 17.3 Å². The van der Waals surface area contributed by atoms with E-state index in [9.17, 15) is 0 Å². The fraction of sp³-hybridized carbons (Fsp3) is 0.250. The number of rotatable bonds is 4. The number of hydrogen-bond acceptors (Lipinski definition) is 3. The lowest BCUT2D eigenvalue weighted by Gasteiger charge is -2.21. The number of benzene rings is 2. The lowest BCUT2D eigenvalue weighted by Crippen LogP contribution is -2.12. The molecule has 0 aliphatic heterocycles. The van der Waals surface area contributed by atoms with Crippen molar-refractivity contribution in [2.45, 2.75) is 19.9 Å². The van der Waals surface area contributed by atoms with Crippen molar-refractivity contribution in [3.8, 4) is 16.9 Å². The van der Waals surface area contributed by atoms with Crippen molar-refractivity contribution in [2.75, 3.05) is 12.3 Å². The summed E-state index contributed by atoms with van der Waals surface area (Å²) >= 11 is 6.24. The first kappa shape index (κ1) is 14.7. The molecule has 0 fully saturated rings. The van der Waals surface area contributed by atoms with Gasteiger partial charge in [0.25, 0.3) is 0 Å². The van der Waals surface area contributed by atoms with Gasteiger partial charge in [0.15, 0.2) is 0 Å². The predicted octanol–water partition coefficient (Wildman–Crippen LogP) is 4.01. The van der Waals surface area contributed by atoms with Crippen LogP contribution in [-0.4, -0.2) is 6.61 Å². The van der Waals surface area contributed by atoms with Crippen molar-refractivity contribution in [2.24, 2.45) is 5.73 Å². The van der Waals surface area contributed by atoms with Crippen molar-refractivity contribution in [1.82, 2.24) is 0 Å². The Morgan fingerprint density at radius 1 is 1.25 bits per heavy atom. The highest BCUT2D eigenvalue weighted by molar-refractivity contribution is 6.33. The van der Waals surface area contributed by atoms with Gasteiger partial charge in [-0.05, 0) is 31.0 Å². The van der Waals surface area contributed by atoms with Gasteiger partial charge in [-0.2, -0.15) is 0 Å². The van der Waals surface area contributed by atoms with Gasteiger partial charge in [0, 0.05) is 11.6 Å². The summed E-state index contributed by atoms with van der Waals surface area (Å²) in [5.74, 6) is 0.592. The van der Waals surface area contributed by atoms with Crippen LogP contribution in [0.1, 0.15) is 25.5 Å². The molecule has 0 bridgehead atoms. The van der Waals surface area contributed by atoms with Gasteiger partial charge in [-0.1, -0.05) is 41.9 Å². The Kier molecular flexibility index (Phi) is 4.53. The van der Waals surface area contributed by atoms with Gasteiger partial charge in [-0.15, -0.1) is 0 Å². The highest BCUT2D eigenvalue weighted by Gasteiger charge is 2.20. The topological polar surface area (TPSA) is 61.3 Å². The summed E-state index contributed by atoms with van der Waals surface area (Å²) < 4.78 is 5.68. The third-order valence-corrected chi connectivity index (χ3v) is 3.45. The first-order chi connectivity index (χ1) is 9.56. The van der Waals surface area contributed by atoms with Crippen molar-refractivity contribution < 1.29 is 4.74 Å². The number of nitrogens with two attached hydrogens (primary N) is 2. The smallest absolute Gasteiger partial charge is 0.149 e. The molecule has 20 heavy (non-hydrogen) atoms. The Labute approximate surface area is 124 Å². The van der Waals surface area contributed by atoms with Crippen LogP contribution in [0.5, 0.6) is 5.75 Å². The van der Waals surface area contributed by atoms with E-state index < -0.39 is 0 Å². The van der Waals surface area contributed by atoms with E-state index in [4.69, 9.17) is 27.8 Å². The van der Waals surface area contributed by atoms with Crippen molar-refractivity contribution in [3.05, 3.63) is 47.0 Å². The average Bonchev–Trinajstić information content (AvgIpc) is 2.44. The molecule has 0 aliphatic carbocycles. The zero-order valence-electron chi connectivity index (χ0n) is 11.7. The van der Waals surface area contributed by atoms with Crippen molar-refractivity contribution in [3.63, 3.8) is 0 Å². The highest BCUT2D eigenvalue weighted by atomic mass is 35.5. The lowest BCUT2D eigenvalue weighted by molar-refractivity contribution is 0.337. The minimum absolute atomic E-state index is 0.202. The third-order valence-electron chi connectivity index (χ3n) is 3.14. The maximum absolute atomic E-state index is 6.24. The van der Waals surface area contributed by atoms with Gasteiger partial charge in [-0.25, -0.2) is 0 Å². The third kappa shape index (κ3) is 2.74. The minimum Gasteiger partial charge on any atom is -0.491 e. The molecule has 0 aliphatic rings. The van der Waals surface area contributed by atoms with E-state index in [1.807, 2.05) is 50.2 Å². The van der Waals surface area contributed by atoms with Gasteiger partial charge in [0.1, 0.15) is 5.75 Å². The summed E-state index contributed by atoms with van der Waals surface area (Å²) in [6.45, 7) is 4.34. The fourth-order valence-corrected chi connectivity index (χ4v) is 2.46. The number of hydrogen-bond donors (Lipinski definition) is 2. The number of anilines is 1. The molecule has 4 N–H and O–H groups in total. The summed E-state index contributed by atoms with van der Waals surface area (Å²) in [5.41, 5.74) is 15.5. The molecule has 0 heterocycles. The van der Waals surface area contributed by atoms with Crippen LogP contribution < -0.4 is 16.2 Å². The molecular weight excluding hydrogens is 272 g/mol. The molecule has 0 radical (unpaired) electrons. The van der Waals surface area contributed by atoms with E-state index in [2.05, 4.69) is 0 Å². The summed E-state index contributed by atoms with van der Waals surface area (Å²) in [6, 6.07) is 11.6. The second-order valence-electron chi connectivity index (χ2n) is 4.65. The molecule has 2 aromatic carbocycles. The van der Waals surface area contributed by atoms with E-state index in [-0.39, 0.29) is 6.04 Å². The Morgan fingerprint density at radius 2 is 1.90 bits per heavy atom. The molecule has 2 rings (SSSR count). The highest BCUT2D eigenvalue weighted by Crippen LogP contribution is 2.42. The molecule has 3 nitrogen and oxygen atoms in total. The molecule has 106 valence electrons. The number of nitrogen functional groups attached to an aromatic ring is 1. The Hall–Kier alpha value is -1.71. The van der Waals surface area contributed by atoms with Crippen molar-refractivity contribution >= 4 is 17.3 Å². The molecular formula is C16H19ClN2O. The summed E-state index contributed by atoms with van der Waals surface area (Å²) in [7, 11) is 0. The quantitative estimate of drug-likeness (QED) is 0.837. The van der Waals surface area contributed by atoms with Crippen LogP contribution in [0, 0.1) is 0 Å². The number of ether oxygens (including phenoxy) is 1. The maximum Gasteiger partial charge on any atom is 0.149 e. The summed E-state index contributed by atoms with van der Waals surface area (Å²) in [4.78, 5) is 0. The van der Waals surface area contributed by atoms with E-state index >= 15 is 0 Å². The zero-order valence-corrected chi connectivity index (χ0v) is 12.4. The molecule has 0 amide bonds. The van der Waals surface area contributed by atoms with E-state index in [0.29, 0.717) is 23.1 Å². The lowest BCUT2D eigenvalue weighted by atomic mass is 9.94. The van der Waals surface area contributed by atoms with E-state index in [1.54, 1.807) is 0 Å². The van der Waals surface area contributed by atoms with E-state index in [1.165, 1.54) is 0 Å². The molecule has 2 aromatic rings. The minimum atomic E-state index is -0.202. The van der Waals surface area contributed by atoms with E-state index in [0.717, 1.165) is 16.7 Å². The SMILES string of the molecule is CCOc1c(N)c(Cl)cc(-c2ccccc2)c1[C@@H](C)N. The van der Waals surface area contributed by atoms with Crippen LogP contribution in [-0.2, 0) is 0 Å². The maximum atomic E-state index is 6.24. The van der Waals surface area contributed by atoms with Gasteiger partial charge in [0.2, 0.25) is 0 Å². The van der Waals surface area contributed by atoms with Crippen LogP contribution >= 0.6 is 11.6 Å². The summed E-state index contributed by atoms with van der Waals surface area (Å²) in [6.07, 6.45) is 0. The van der Waals surface area contributed by atoms with Crippen LogP contribution in [0.3, 0.4) is 0 Å². The van der Waals surface area contributed by atoms with Crippen LogP contribution in [0.15, 0.2) is 36.4 Å². The van der Waals surface area contributed by atoms with Crippen LogP contribution in [0.4, 0.5) is 5.69 Å². The number of halogens is 1. The first-order valence-electron chi connectivity index (χ1n) is 6.61. The Bertz CT molecular complexity index is 597. The molecule has 0 spiro atoms. The van der Waals surface area contributed by atoms with Crippen LogP contribution in [0.25, 0.3) is 11.1 Å². The van der Waals surface area contributed by atoms with Gasteiger partial charge >= 0.3 is 0 Å². The first-order valence-corrected chi connectivity index (χ1v) is 6.99. The molecule has 0 unspecified atom stereocenters. The average molecular weight is 291 g/mol. The second-order valence-corrected chi connectivity index (χ2v) is 5.06. The van der Waals surface area contributed by atoms with Gasteiger partial charge < -0.3 is 16.2 Å². The monoisotopic (exact) mass is 290 g/mol. The molecule has 4 heteroatoms. The van der Waals surface area contributed by atoms with Gasteiger partial charge in [-0.3, -0.25) is 0 Å². The normalized spacial score (nSPS) is 12.2. The molecule has 1 atom stereocenters. The predicted molar refractivity (Wildman–Crippen MR) is 85.1 cm³/mol. The molecule has 0 aromatic heterocycles. The van der Waals surface area contributed by atoms with Crippen LogP contribution in [0.2, 0.25) is 5.02 Å². The zero-order chi connectivity index (χ0) is 14.7. The Balaban J connectivity index is 2.73. The standard InChI is InChI=1S/C16H19ClN2O/c1-3-20-16-14(10(2)18)12(9-13(17)15(16)19)11-7-5-4-6-8-11/h4-10H,3,18-19H2,1-2H3/t10-/m1/s1. The largest absolute Gasteiger partial charge is 0.491 e. The molecule has 0 saturated heterocycles. The molecule has 0 saturated carbocycles. The second kappa shape index (κ2) is 6.16. The van der Waals surface area contributed by atoms with Crippen molar-refractivity contribution in [1.29, 1.82) is 0 Å². The fourth-order valence-electron chi connectivity index (χ4n) is 2.27. The summed E-state index contributed by atoms with van der Waals surface area (Å²) in [5, 5.41) is 0.483.